The summed E-state index contributed by atoms with van der Waals surface area (Å²) in [5.74, 6) is 0. The third-order valence-electron chi connectivity index (χ3n) is 4.39. The van der Waals surface area contributed by atoms with Crippen molar-refractivity contribution < 1.29 is 22.6 Å². The van der Waals surface area contributed by atoms with E-state index < -0.39 is 12.6 Å². The Bertz CT molecular complexity index is 258. The van der Waals surface area contributed by atoms with Crippen molar-refractivity contribution in [3.63, 3.8) is 0 Å². The predicted molar refractivity (Wildman–Crippen MR) is 98.0 cm³/mol. The average Bonchev–Trinajstić information content (AvgIpc) is 2.56. The van der Waals surface area contributed by atoms with Gasteiger partial charge in [-0.3, -0.25) is 0 Å². The molecule has 0 radical (unpaired) electrons. The van der Waals surface area contributed by atoms with Crippen LogP contribution in [0, 0.1) is 0 Å². The molecule has 0 aliphatic rings. The molecule has 5 heteroatoms. The molecule has 152 valence electrons. The lowest BCUT2D eigenvalue weighted by Gasteiger charge is -2.06. The van der Waals surface area contributed by atoms with Gasteiger partial charge in [-0.2, -0.15) is 13.2 Å². The smallest absolute Gasteiger partial charge is 0.385 e. The third kappa shape index (κ3) is 23.7. The molecular formula is C20H39F3O2. The molecule has 0 fully saturated rings. The molecule has 0 atom stereocenters. The molecule has 0 spiro atoms. The lowest BCUT2D eigenvalue weighted by Crippen LogP contribution is -2.06. The highest BCUT2D eigenvalue weighted by molar-refractivity contribution is 4.53. The van der Waals surface area contributed by atoms with Gasteiger partial charge in [0, 0.05) is 33.4 Å². The second kappa shape index (κ2) is 18.5. The maximum absolute atomic E-state index is 12.0. The molecule has 0 rings (SSSR count). The lowest BCUT2D eigenvalue weighted by molar-refractivity contribution is -0.135. The topological polar surface area (TPSA) is 18.5 Å². The van der Waals surface area contributed by atoms with E-state index in [1.54, 1.807) is 7.11 Å². The Kier molecular flexibility index (Phi) is 18.3. The highest BCUT2D eigenvalue weighted by Gasteiger charge is 2.25. The number of alkyl halides is 3. The number of ether oxygens (including phenoxy) is 2. The Balaban J connectivity index is 3.01. The fourth-order valence-electron chi connectivity index (χ4n) is 2.88. The number of hydrogen-bond acceptors (Lipinski definition) is 2. The lowest BCUT2D eigenvalue weighted by atomic mass is 10.0. The van der Waals surface area contributed by atoms with E-state index in [0.29, 0.717) is 6.42 Å². The maximum atomic E-state index is 12.0. The largest absolute Gasteiger partial charge is 0.389 e. The first-order valence-corrected chi connectivity index (χ1v) is 10.2. The van der Waals surface area contributed by atoms with Gasteiger partial charge in [0.05, 0.1) is 0 Å². The Morgan fingerprint density at radius 1 is 0.520 bits per heavy atom. The Morgan fingerprint density at radius 2 is 0.920 bits per heavy atom. The van der Waals surface area contributed by atoms with Crippen LogP contribution >= 0.6 is 0 Å². The summed E-state index contributed by atoms with van der Waals surface area (Å²) in [4.78, 5) is 0. The van der Waals surface area contributed by atoms with E-state index in [-0.39, 0.29) is 0 Å². The van der Waals surface area contributed by atoms with E-state index in [1.165, 1.54) is 51.4 Å². The molecule has 0 N–H and O–H groups in total. The van der Waals surface area contributed by atoms with E-state index in [1.807, 2.05) is 0 Å². The number of methoxy groups -OCH3 is 1. The highest BCUT2D eigenvalue weighted by Crippen LogP contribution is 2.23. The normalized spacial score (nSPS) is 12.0. The minimum absolute atomic E-state index is 0.293. The highest BCUT2D eigenvalue weighted by atomic mass is 19.4. The second-order valence-electron chi connectivity index (χ2n) is 6.92. The fraction of sp³-hybridized carbons (Fsp3) is 1.00. The maximum Gasteiger partial charge on any atom is 0.389 e. The summed E-state index contributed by atoms with van der Waals surface area (Å²) in [6.07, 6.45) is 10.7. The molecular weight excluding hydrogens is 329 g/mol. The van der Waals surface area contributed by atoms with Crippen LogP contribution in [-0.4, -0.2) is 33.1 Å². The van der Waals surface area contributed by atoms with Crippen molar-refractivity contribution in [2.24, 2.45) is 0 Å². The summed E-state index contributed by atoms with van der Waals surface area (Å²) in [5.41, 5.74) is 0. The van der Waals surface area contributed by atoms with E-state index >= 15 is 0 Å². The zero-order valence-corrected chi connectivity index (χ0v) is 16.2. The predicted octanol–water partition coefficient (Wildman–Crippen LogP) is 7.06. The van der Waals surface area contributed by atoms with Crippen molar-refractivity contribution in [2.45, 2.75) is 102 Å². The van der Waals surface area contributed by atoms with E-state index in [0.717, 1.165) is 51.9 Å². The van der Waals surface area contributed by atoms with Crippen LogP contribution in [0.2, 0.25) is 0 Å². The first-order valence-electron chi connectivity index (χ1n) is 10.2. The van der Waals surface area contributed by atoms with Crippen molar-refractivity contribution in [2.75, 3.05) is 26.9 Å². The molecule has 0 aromatic carbocycles. The third-order valence-corrected chi connectivity index (χ3v) is 4.39. The van der Waals surface area contributed by atoms with Gasteiger partial charge in [0.25, 0.3) is 0 Å². The van der Waals surface area contributed by atoms with Gasteiger partial charge in [-0.1, -0.05) is 70.6 Å². The molecule has 0 saturated carbocycles. The Morgan fingerprint density at radius 3 is 1.36 bits per heavy atom. The van der Waals surface area contributed by atoms with Gasteiger partial charge >= 0.3 is 6.18 Å². The van der Waals surface area contributed by atoms with Crippen LogP contribution in [0.5, 0.6) is 0 Å². The van der Waals surface area contributed by atoms with E-state index in [9.17, 15) is 13.2 Å². The van der Waals surface area contributed by atoms with Gasteiger partial charge < -0.3 is 9.47 Å². The van der Waals surface area contributed by atoms with Crippen LogP contribution in [0.25, 0.3) is 0 Å². The van der Waals surface area contributed by atoms with Crippen LogP contribution in [0.15, 0.2) is 0 Å². The summed E-state index contributed by atoms with van der Waals surface area (Å²) < 4.78 is 46.4. The van der Waals surface area contributed by atoms with Crippen molar-refractivity contribution in [3.8, 4) is 0 Å². The number of unbranched alkanes of at least 4 members (excludes halogenated alkanes) is 12. The molecule has 2 nitrogen and oxygen atoms in total. The van der Waals surface area contributed by atoms with Crippen LogP contribution in [0.4, 0.5) is 13.2 Å². The van der Waals surface area contributed by atoms with Gasteiger partial charge in [-0.25, -0.2) is 0 Å². The fourth-order valence-corrected chi connectivity index (χ4v) is 2.88. The quantitative estimate of drug-likeness (QED) is 0.227. The van der Waals surface area contributed by atoms with E-state index in [4.69, 9.17) is 9.47 Å². The summed E-state index contributed by atoms with van der Waals surface area (Å²) in [6, 6.07) is 0. The van der Waals surface area contributed by atoms with Crippen LogP contribution in [-0.2, 0) is 9.47 Å². The van der Waals surface area contributed by atoms with E-state index in [2.05, 4.69) is 0 Å². The average molecular weight is 369 g/mol. The van der Waals surface area contributed by atoms with Crippen LogP contribution in [0.3, 0.4) is 0 Å². The molecule has 25 heavy (non-hydrogen) atoms. The second-order valence-corrected chi connectivity index (χ2v) is 6.92. The van der Waals surface area contributed by atoms with Crippen molar-refractivity contribution in [3.05, 3.63) is 0 Å². The first-order chi connectivity index (χ1) is 12.1. The molecule has 0 saturated heterocycles. The van der Waals surface area contributed by atoms with Crippen LogP contribution < -0.4 is 0 Å². The Hall–Kier alpha value is -0.290. The zero-order chi connectivity index (χ0) is 18.6. The molecule has 0 aliphatic heterocycles. The molecule has 0 aromatic rings. The first kappa shape index (κ1) is 24.7. The molecule has 0 aromatic heterocycles. The molecule has 0 bridgehead atoms. The monoisotopic (exact) mass is 368 g/mol. The minimum atomic E-state index is -3.98. The summed E-state index contributed by atoms with van der Waals surface area (Å²) in [5, 5.41) is 0. The number of hydrogen-bond donors (Lipinski definition) is 0. The van der Waals surface area contributed by atoms with Crippen molar-refractivity contribution in [1.82, 2.24) is 0 Å². The SMILES string of the molecule is COCCCOCCCCCCCCCCCCCCCC(F)(F)F. The number of halogens is 3. The zero-order valence-electron chi connectivity index (χ0n) is 16.2. The van der Waals surface area contributed by atoms with Gasteiger partial charge in [-0.15, -0.1) is 0 Å². The molecule has 0 aliphatic carbocycles. The van der Waals surface area contributed by atoms with Gasteiger partial charge in [0.15, 0.2) is 0 Å². The molecule has 0 amide bonds. The summed E-state index contributed by atoms with van der Waals surface area (Å²) in [7, 11) is 1.71. The Labute approximate surface area is 152 Å². The standard InChI is InChI=1S/C20H39F3O2/c1-24-17-15-19-25-18-14-12-10-8-6-4-2-3-5-7-9-11-13-16-20(21,22)23/h2-19H2,1H3. The molecule has 0 heterocycles. The van der Waals surface area contributed by atoms with Gasteiger partial charge in [0.1, 0.15) is 0 Å². The van der Waals surface area contributed by atoms with Gasteiger partial charge in [0.2, 0.25) is 0 Å². The van der Waals surface area contributed by atoms with Gasteiger partial charge in [-0.05, 0) is 19.3 Å². The number of rotatable bonds is 19. The van der Waals surface area contributed by atoms with Crippen molar-refractivity contribution >= 4 is 0 Å². The van der Waals surface area contributed by atoms with Crippen molar-refractivity contribution in [1.29, 1.82) is 0 Å². The molecule has 0 unspecified atom stereocenters. The minimum Gasteiger partial charge on any atom is -0.385 e. The summed E-state index contributed by atoms with van der Waals surface area (Å²) in [6.45, 7) is 2.45. The van der Waals surface area contributed by atoms with Crippen LogP contribution in [0.1, 0.15) is 96.3 Å². The summed E-state index contributed by atoms with van der Waals surface area (Å²) >= 11 is 0.